The number of hydrogen-bond donors (Lipinski definition) is 5. The normalized spacial score (nSPS) is 21.5. The van der Waals surface area contributed by atoms with Crippen molar-refractivity contribution in [3.8, 4) is 17.2 Å². The number of aliphatic hydroxyl groups excluding tert-OH is 1. The third-order valence-corrected chi connectivity index (χ3v) is 6.36. The van der Waals surface area contributed by atoms with E-state index in [0.717, 1.165) is 19.3 Å². The Morgan fingerprint density at radius 2 is 2.06 bits per heavy atom. The first kappa shape index (κ1) is 21.2. The van der Waals surface area contributed by atoms with Gasteiger partial charge in [-0.2, -0.15) is 8.42 Å². The highest BCUT2D eigenvalue weighted by Gasteiger charge is 2.31. The number of rotatable bonds is 5. The number of benzene rings is 2. The monoisotopic (exact) mass is 448 g/mol. The topological polar surface area (TPSA) is 158 Å². The highest BCUT2D eigenvalue weighted by Crippen LogP contribution is 2.35. The molecule has 1 unspecified atom stereocenters. The molecule has 2 aliphatic rings. The van der Waals surface area contributed by atoms with Crippen LogP contribution in [0.1, 0.15) is 36.6 Å². The predicted octanol–water partition coefficient (Wildman–Crippen LogP) is 1.40. The van der Waals surface area contributed by atoms with Gasteiger partial charge >= 0.3 is 10.2 Å². The second-order valence-electron chi connectivity index (χ2n) is 7.55. The molecular weight excluding hydrogens is 424 g/mol. The number of amidine groups is 1. The van der Waals surface area contributed by atoms with Crippen molar-refractivity contribution < 1.29 is 28.5 Å². The van der Waals surface area contributed by atoms with Crippen LogP contribution in [0.3, 0.4) is 0 Å². The minimum Gasteiger partial charge on any atom is -0.508 e. The SMILES string of the molecule is NC1=NS(=O)(=O)Nc2cccc(OC[C@H]3CCCCN3C(O)c3ccc(O)cc3O)c21. The first-order valence-electron chi connectivity index (χ1n) is 9.85. The highest BCUT2D eigenvalue weighted by molar-refractivity contribution is 7.91. The number of anilines is 1. The molecule has 10 nitrogen and oxygen atoms in total. The molecule has 11 heteroatoms. The smallest absolute Gasteiger partial charge is 0.344 e. The zero-order chi connectivity index (χ0) is 22.2. The summed E-state index contributed by atoms with van der Waals surface area (Å²) in [5, 5.41) is 30.5. The van der Waals surface area contributed by atoms with Crippen LogP contribution in [0.15, 0.2) is 40.8 Å². The van der Waals surface area contributed by atoms with E-state index in [1.54, 1.807) is 18.2 Å². The Bertz CT molecular complexity index is 1120. The van der Waals surface area contributed by atoms with E-state index in [0.29, 0.717) is 29.1 Å². The van der Waals surface area contributed by atoms with Crippen molar-refractivity contribution in [3.63, 3.8) is 0 Å². The largest absolute Gasteiger partial charge is 0.508 e. The fourth-order valence-corrected chi connectivity index (χ4v) is 4.82. The molecule has 0 amide bonds. The molecule has 6 N–H and O–H groups in total. The Morgan fingerprint density at radius 3 is 2.84 bits per heavy atom. The predicted molar refractivity (Wildman–Crippen MR) is 114 cm³/mol. The summed E-state index contributed by atoms with van der Waals surface area (Å²) in [7, 11) is -3.88. The van der Waals surface area contributed by atoms with Crippen molar-refractivity contribution in [3.05, 3.63) is 47.5 Å². The third kappa shape index (κ3) is 4.38. The van der Waals surface area contributed by atoms with Crippen molar-refractivity contribution >= 4 is 21.7 Å². The van der Waals surface area contributed by atoms with Crippen LogP contribution in [0, 0.1) is 0 Å². The average molecular weight is 449 g/mol. The van der Waals surface area contributed by atoms with E-state index in [1.807, 2.05) is 4.90 Å². The molecule has 2 aromatic carbocycles. The average Bonchev–Trinajstić information content (AvgIpc) is 2.71. The maximum Gasteiger partial charge on any atom is 0.344 e. The van der Waals surface area contributed by atoms with Crippen molar-refractivity contribution in [1.82, 2.24) is 4.90 Å². The summed E-state index contributed by atoms with van der Waals surface area (Å²) < 4.78 is 35.3. The number of nitrogens with zero attached hydrogens (tertiary/aromatic N) is 2. The van der Waals surface area contributed by atoms with E-state index >= 15 is 0 Å². The highest BCUT2D eigenvalue weighted by atomic mass is 32.2. The summed E-state index contributed by atoms with van der Waals surface area (Å²) in [5.74, 6) is -0.0469. The van der Waals surface area contributed by atoms with Crippen LogP contribution in [0.5, 0.6) is 17.2 Å². The lowest BCUT2D eigenvalue weighted by atomic mass is 10.0. The number of ether oxygens (including phenoxy) is 1. The molecule has 0 aliphatic carbocycles. The van der Waals surface area contributed by atoms with Crippen LogP contribution in [0.4, 0.5) is 5.69 Å². The maximum atomic E-state index is 11.8. The summed E-state index contributed by atoms with van der Waals surface area (Å²) >= 11 is 0. The first-order valence-corrected chi connectivity index (χ1v) is 11.3. The van der Waals surface area contributed by atoms with E-state index in [2.05, 4.69) is 9.12 Å². The molecule has 2 aliphatic heterocycles. The summed E-state index contributed by atoms with van der Waals surface area (Å²) in [6.45, 7) is 0.818. The Hall–Kier alpha value is -3.02. The number of fused-ring (bicyclic) bond motifs is 1. The number of piperidine rings is 1. The fraction of sp³-hybridized carbons (Fsp3) is 0.350. The number of likely N-dealkylation sites (tertiary alicyclic amines) is 1. The molecule has 31 heavy (non-hydrogen) atoms. The number of nitrogens with one attached hydrogen (secondary N) is 1. The number of nitrogens with two attached hydrogens (primary N) is 1. The molecule has 0 aromatic heterocycles. The van der Waals surface area contributed by atoms with E-state index in [9.17, 15) is 23.7 Å². The third-order valence-electron chi connectivity index (χ3n) is 5.45. The van der Waals surface area contributed by atoms with Gasteiger partial charge in [-0.1, -0.05) is 12.5 Å². The van der Waals surface area contributed by atoms with Crippen molar-refractivity contribution in [2.24, 2.45) is 10.1 Å². The second-order valence-corrected chi connectivity index (χ2v) is 8.88. The van der Waals surface area contributed by atoms with E-state index in [1.165, 1.54) is 18.2 Å². The zero-order valence-electron chi connectivity index (χ0n) is 16.6. The molecule has 0 spiro atoms. The molecule has 166 valence electrons. The Morgan fingerprint density at radius 1 is 1.26 bits per heavy atom. The molecular formula is C20H24N4O6S. The number of aromatic hydroxyl groups is 2. The van der Waals surface area contributed by atoms with Gasteiger partial charge in [0.25, 0.3) is 0 Å². The van der Waals surface area contributed by atoms with Crippen LogP contribution in [0.25, 0.3) is 0 Å². The van der Waals surface area contributed by atoms with Crippen molar-refractivity contribution in [1.29, 1.82) is 0 Å². The van der Waals surface area contributed by atoms with Gasteiger partial charge in [0.15, 0.2) is 5.84 Å². The van der Waals surface area contributed by atoms with Gasteiger partial charge < -0.3 is 25.8 Å². The van der Waals surface area contributed by atoms with Gasteiger partial charge in [-0.3, -0.25) is 9.62 Å². The molecule has 2 heterocycles. The van der Waals surface area contributed by atoms with Gasteiger partial charge in [0, 0.05) is 24.2 Å². The van der Waals surface area contributed by atoms with Gasteiger partial charge in [-0.15, -0.1) is 4.40 Å². The minimum absolute atomic E-state index is 0.0873. The van der Waals surface area contributed by atoms with Gasteiger partial charge in [-0.05, 0) is 37.1 Å². The van der Waals surface area contributed by atoms with E-state index in [-0.39, 0.29) is 30.0 Å². The first-order chi connectivity index (χ1) is 14.7. The maximum absolute atomic E-state index is 11.8. The number of aliphatic hydroxyl groups is 1. The second kappa shape index (κ2) is 8.25. The molecule has 2 atom stereocenters. The van der Waals surface area contributed by atoms with E-state index < -0.39 is 16.4 Å². The summed E-state index contributed by atoms with van der Waals surface area (Å²) in [6, 6.07) is 8.82. The van der Waals surface area contributed by atoms with Crippen LogP contribution in [-0.4, -0.2) is 53.7 Å². The molecule has 2 aromatic rings. The number of hydrogen-bond acceptors (Lipinski definition) is 8. The summed E-state index contributed by atoms with van der Waals surface area (Å²) in [6.07, 6.45) is 1.53. The molecule has 4 rings (SSSR count). The van der Waals surface area contributed by atoms with Crippen LogP contribution < -0.4 is 15.2 Å². The lowest BCUT2D eigenvalue weighted by Crippen LogP contribution is -2.45. The number of phenols is 2. The van der Waals surface area contributed by atoms with Crippen LogP contribution in [0.2, 0.25) is 0 Å². The van der Waals surface area contributed by atoms with Gasteiger partial charge in [0.05, 0.1) is 11.3 Å². The standard InChI is InChI=1S/C20H24N4O6S/c21-19-18-15(22-31(28,29)23-19)5-3-6-17(18)30-11-12-4-1-2-9-24(12)20(27)14-8-7-13(25)10-16(14)26/h3,5-8,10,12,20,22,25-27H,1-2,4,9,11H2,(H2,21,23)/t12-,20?/m1/s1. The lowest BCUT2D eigenvalue weighted by molar-refractivity contribution is -0.0551. The number of phenolic OH excluding ortho intramolecular Hbond substituents is 2. The molecule has 1 saturated heterocycles. The fourth-order valence-electron chi connectivity index (χ4n) is 3.98. The van der Waals surface area contributed by atoms with E-state index in [4.69, 9.17) is 10.5 Å². The van der Waals surface area contributed by atoms with Gasteiger partial charge in [0.1, 0.15) is 30.1 Å². The Labute approximate surface area is 179 Å². The van der Waals surface area contributed by atoms with Gasteiger partial charge in [-0.25, -0.2) is 0 Å². The molecule has 1 fully saturated rings. The zero-order valence-corrected chi connectivity index (χ0v) is 17.4. The Balaban J connectivity index is 1.54. The lowest BCUT2D eigenvalue weighted by Gasteiger charge is -2.39. The summed E-state index contributed by atoms with van der Waals surface area (Å²) in [5.41, 5.74) is 6.83. The van der Waals surface area contributed by atoms with Crippen LogP contribution in [-0.2, 0) is 10.2 Å². The molecule has 0 bridgehead atoms. The summed E-state index contributed by atoms with van der Waals surface area (Å²) in [4.78, 5) is 1.84. The van der Waals surface area contributed by atoms with Crippen LogP contribution >= 0.6 is 0 Å². The van der Waals surface area contributed by atoms with Crippen molar-refractivity contribution in [2.45, 2.75) is 31.5 Å². The minimum atomic E-state index is -3.88. The Kier molecular flexibility index (Phi) is 5.65. The van der Waals surface area contributed by atoms with Crippen molar-refractivity contribution in [2.75, 3.05) is 17.9 Å². The quantitative estimate of drug-likeness (QED) is 0.459. The van der Waals surface area contributed by atoms with Gasteiger partial charge in [0.2, 0.25) is 0 Å². The molecule has 0 saturated carbocycles. The molecule has 0 radical (unpaired) electrons.